The molecule has 5 heteroatoms. The van der Waals surface area contributed by atoms with E-state index in [0.29, 0.717) is 17.9 Å². The van der Waals surface area contributed by atoms with E-state index in [2.05, 4.69) is 41.9 Å². The minimum atomic E-state index is 0.0630. The minimum Gasteiger partial charge on any atom is -0.378 e. The van der Waals surface area contributed by atoms with Gasteiger partial charge in [-0.3, -0.25) is 9.69 Å². The molecule has 31 heavy (non-hydrogen) atoms. The Hall–Kier alpha value is -2.37. The lowest BCUT2D eigenvalue weighted by molar-refractivity contribution is -0.0712. The van der Waals surface area contributed by atoms with Crippen LogP contribution in [-0.4, -0.2) is 46.8 Å². The van der Waals surface area contributed by atoms with Gasteiger partial charge in [-0.25, -0.2) is 0 Å². The number of rotatable bonds is 4. The Kier molecular flexibility index (Phi) is 5.27. The van der Waals surface area contributed by atoms with E-state index in [-0.39, 0.29) is 5.56 Å². The zero-order valence-electron chi connectivity index (χ0n) is 19.1. The van der Waals surface area contributed by atoms with E-state index >= 15 is 0 Å². The normalized spacial score (nSPS) is 18.7. The molecule has 0 unspecified atom stereocenters. The molecule has 2 fully saturated rings. The van der Waals surface area contributed by atoms with Gasteiger partial charge in [-0.15, -0.1) is 0 Å². The molecule has 3 aromatic rings. The fourth-order valence-corrected chi connectivity index (χ4v) is 5.36. The summed E-state index contributed by atoms with van der Waals surface area (Å²) in [4.78, 5) is 18.5. The Balaban J connectivity index is 1.50. The van der Waals surface area contributed by atoms with Gasteiger partial charge in [0.15, 0.2) is 0 Å². The Morgan fingerprint density at radius 3 is 2.48 bits per heavy atom. The van der Waals surface area contributed by atoms with E-state index in [9.17, 15) is 4.79 Å². The topological polar surface area (TPSA) is 50.3 Å². The molecule has 2 aliphatic heterocycles. The number of H-pyrrole nitrogens is 1. The molecule has 0 radical (unpaired) electrons. The third kappa shape index (κ3) is 3.64. The van der Waals surface area contributed by atoms with Gasteiger partial charge in [0, 0.05) is 35.3 Å². The molecule has 0 spiro atoms. The summed E-state index contributed by atoms with van der Waals surface area (Å²) in [7, 11) is 1.83. The van der Waals surface area contributed by atoms with Gasteiger partial charge in [0.1, 0.15) is 0 Å². The Labute approximate surface area is 184 Å². The first kappa shape index (κ1) is 20.5. The molecule has 0 bridgehead atoms. The van der Waals surface area contributed by atoms with Gasteiger partial charge in [-0.1, -0.05) is 19.9 Å². The van der Waals surface area contributed by atoms with Crippen LogP contribution in [0.25, 0.3) is 22.2 Å². The van der Waals surface area contributed by atoms with Crippen molar-refractivity contribution in [3.8, 4) is 11.3 Å². The number of aryl methyl sites for hydroxylation is 2. The molecule has 0 saturated carbocycles. The quantitative estimate of drug-likeness (QED) is 0.675. The summed E-state index contributed by atoms with van der Waals surface area (Å²) in [5, 5.41) is 1.32. The van der Waals surface area contributed by atoms with E-state index in [1.54, 1.807) is 4.57 Å². The van der Waals surface area contributed by atoms with E-state index in [1.165, 1.54) is 48.0 Å². The van der Waals surface area contributed by atoms with Crippen LogP contribution >= 0.6 is 0 Å². The van der Waals surface area contributed by atoms with Crippen LogP contribution in [0.1, 0.15) is 55.2 Å². The molecular formula is C26H33N3O2. The summed E-state index contributed by atoms with van der Waals surface area (Å²) in [6.07, 6.45) is 4.39. The molecule has 2 aromatic heterocycles. The van der Waals surface area contributed by atoms with Crippen molar-refractivity contribution in [1.29, 1.82) is 0 Å². The van der Waals surface area contributed by atoms with Crippen LogP contribution in [0.2, 0.25) is 0 Å². The van der Waals surface area contributed by atoms with Crippen LogP contribution in [0.5, 0.6) is 0 Å². The first-order valence-electron chi connectivity index (χ1n) is 11.6. The fraction of sp³-hybridized carbons (Fsp3) is 0.500. The summed E-state index contributed by atoms with van der Waals surface area (Å²) in [6, 6.07) is 9.65. The van der Waals surface area contributed by atoms with Gasteiger partial charge >= 0.3 is 0 Å². The van der Waals surface area contributed by atoms with E-state index < -0.39 is 0 Å². The maximum absolute atomic E-state index is 12.2. The molecule has 4 heterocycles. The van der Waals surface area contributed by atoms with Crippen molar-refractivity contribution in [2.24, 2.45) is 7.05 Å². The monoisotopic (exact) mass is 419 g/mol. The minimum absolute atomic E-state index is 0.0630. The Morgan fingerprint density at radius 1 is 1.13 bits per heavy atom. The Morgan fingerprint density at radius 2 is 1.87 bits per heavy atom. The summed E-state index contributed by atoms with van der Waals surface area (Å²) < 4.78 is 7.07. The number of nitrogens with one attached hydrogen (secondary N) is 1. The summed E-state index contributed by atoms with van der Waals surface area (Å²) in [5.74, 6) is 1.01. The van der Waals surface area contributed by atoms with Crippen LogP contribution in [-0.2, 0) is 11.8 Å². The Bertz CT molecular complexity index is 1140. The van der Waals surface area contributed by atoms with Gasteiger partial charge in [0.05, 0.1) is 24.9 Å². The highest BCUT2D eigenvalue weighted by Gasteiger charge is 2.30. The number of hydrogen-bond donors (Lipinski definition) is 1. The molecule has 1 N–H and O–H groups in total. The maximum Gasteiger partial charge on any atom is 0.253 e. The third-order valence-corrected chi connectivity index (χ3v) is 7.23. The molecular weight excluding hydrogens is 386 g/mol. The van der Waals surface area contributed by atoms with Crippen LogP contribution in [0.4, 0.5) is 0 Å². The first-order chi connectivity index (χ1) is 14.9. The SMILES string of the molecule is Cc1cc(-c2[nH]c3ccc(C4CCN(C5COC5)CC4)cc3c2C(C)C)cn(C)c1=O. The van der Waals surface area contributed by atoms with Crippen LogP contribution < -0.4 is 5.56 Å². The molecule has 5 rings (SSSR count). The molecule has 0 aliphatic carbocycles. The fourth-order valence-electron chi connectivity index (χ4n) is 5.36. The summed E-state index contributed by atoms with van der Waals surface area (Å²) in [6.45, 7) is 10.6. The van der Waals surface area contributed by atoms with Crippen LogP contribution in [0, 0.1) is 6.92 Å². The second-order valence-corrected chi connectivity index (χ2v) is 9.70. The standard InChI is InChI=1S/C26H33N3O2/c1-16(2)24-22-12-19(18-7-9-29(10-8-18)21-14-31-15-21)5-6-23(22)27-25(24)20-11-17(3)26(30)28(4)13-20/h5-6,11-13,16,18,21,27H,7-10,14-15H2,1-4H3. The van der Waals surface area contributed by atoms with Crippen molar-refractivity contribution in [2.45, 2.75) is 51.5 Å². The van der Waals surface area contributed by atoms with E-state index in [1.807, 2.05) is 26.2 Å². The van der Waals surface area contributed by atoms with Crippen molar-refractivity contribution in [2.75, 3.05) is 26.3 Å². The van der Waals surface area contributed by atoms with Crippen LogP contribution in [0.15, 0.2) is 35.3 Å². The second-order valence-electron chi connectivity index (χ2n) is 9.70. The van der Waals surface area contributed by atoms with Crippen LogP contribution in [0.3, 0.4) is 0 Å². The van der Waals surface area contributed by atoms with Gasteiger partial charge in [0.25, 0.3) is 5.56 Å². The molecule has 5 nitrogen and oxygen atoms in total. The maximum atomic E-state index is 12.2. The zero-order chi connectivity index (χ0) is 21.7. The highest BCUT2D eigenvalue weighted by atomic mass is 16.5. The summed E-state index contributed by atoms with van der Waals surface area (Å²) >= 11 is 0. The van der Waals surface area contributed by atoms with Crippen molar-refractivity contribution in [3.05, 3.63) is 57.5 Å². The summed E-state index contributed by atoms with van der Waals surface area (Å²) in [5.41, 5.74) is 7.04. The number of aromatic amines is 1. The number of likely N-dealkylation sites (tertiary alicyclic amines) is 1. The molecule has 0 amide bonds. The molecule has 164 valence electrons. The van der Waals surface area contributed by atoms with Crippen molar-refractivity contribution in [1.82, 2.24) is 14.5 Å². The van der Waals surface area contributed by atoms with Crippen molar-refractivity contribution in [3.63, 3.8) is 0 Å². The largest absolute Gasteiger partial charge is 0.378 e. The number of hydrogen-bond acceptors (Lipinski definition) is 3. The zero-order valence-corrected chi connectivity index (χ0v) is 19.1. The molecule has 0 atom stereocenters. The number of ether oxygens (including phenoxy) is 1. The first-order valence-corrected chi connectivity index (χ1v) is 11.6. The second kappa shape index (κ2) is 7.95. The number of benzene rings is 1. The number of nitrogens with zero attached hydrogens (tertiary/aromatic N) is 2. The van der Waals surface area contributed by atoms with Gasteiger partial charge < -0.3 is 14.3 Å². The predicted octanol–water partition coefficient (Wildman–Crippen LogP) is 4.54. The van der Waals surface area contributed by atoms with Crippen molar-refractivity contribution < 1.29 is 4.74 Å². The lowest BCUT2D eigenvalue weighted by atomic mass is 9.87. The van der Waals surface area contributed by atoms with Gasteiger partial charge in [-0.2, -0.15) is 0 Å². The average Bonchev–Trinajstić information content (AvgIpc) is 3.10. The lowest BCUT2D eigenvalue weighted by Crippen LogP contribution is -2.51. The predicted molar refractivity (Wildman–Crippen MR) is 126 cm³/mol. The highest BCUT2D eigenvalue weighted by Crippen LogP contribution is 2.38. The molecule has 2 aliphatic rings. The van der Waals surface area contributed by atoms with E-state index in [4.69, 9.17) is 4.74 Å². The lowest BCUT2D eigenvalue weighted by Gasteiger charge is -2.41. The smallest absolute Gasteiger partial charge is 0.253 e. The van der Waals surface area contributed by atoms with Gasteiger partial charge in [-0.05, 0) is 74.0 Å². The molecule has 2 saturated heterocycles. The van der Waals surface area contributed by atoms with Crippen molar-refractivity contribution >= 4 is 10.9 Å². The molecule has 1 aromatic carbocycles. The number of pyridine rings is 1. The van der Waals surface area contributed by atoms with E-state index in [0.717, 1.165) is 30.0 Å². The van der Waals surface area contributed by atoms with Gasteiger partial charge in [0.2, 0.25) is 0 Å². The number of aromatic nitrogens is 2. The third-order valence-electron chi connectivity index (χ3n) is 7.23. The number of piperidine rings is 1. The average molecular weight is 420 g/mol. The highest BCUT2D eigenvalue weighted by molar-refractivity contribution is 5.92. The number of fused-ring (bicyclic) bond motifs is 1.